The van der Waals surface area contributed by atoms with Crippen LogP contribution in [0.1, 0.15) is 51.9 Å². The molecule has 0 aliphatic heterocycles. The van der Waals surface area contributed by atoms with E-state index in [4.69, 9.17) is 16.6 Å². The molecule has 0 radical (unpaired) electrons. The number of nitrogens with two attached hydrogens (primary N) is 2. The lowest BCUT2D eigenvalue weighted by atomic mass is 9.77. The summed E-state index contributed by atoms with van der Waals surface area (Å²) in [6.45, 7) is 2.15. The Labute approximate surface area is 109 Å². The van der Waals surface area contributed by atoms with Crippen LogP contribution in [0.25, 0.3) is 0 Å². The molecule has 1 atom stereocenters. The number of aliphatic imine (C=N–C) groups is 1. The van der Waals surface area contributed by atoms with Gasteiger partial charge in [0, 0.05) is 0 Å². The van der Waals surface area contributed by atoms with Crippen LogP contribution in [-0.2, 0) is 4.79 Å². The molecule has 1 saturated carbocycles. The third-order valence-electron chi connectivity index (χ3n) is 3.83. The Bertz CT molecular complexity index is 293. The highest BCUT2D eigenvalue weighted by atomic mass is 16.4. The molecular formula is C13H25N3O2. The molecule has 1 unspecified atom stereocenters. The first-order valence-electron chi connectivity index (χ1n) is 6.86. The number of hydrogen-bond donors (Lipinski definition) is 3. The van der Waals surface area contributed by atoms with Crippen molar-refractivity contribution in [3.8, 4) is 0 Å². The summed E-state index contributed by atoms with van der Waals surface area (Å²) in [4.78, 5) is 15.2. The number of rotatable bonds is 6. The van der Waals surface area contributed by atoms with Crippen LogP contribution < -0.4 is 11.5 Å². The van der Waals surface area contributed by atoms with Crippen molar-refractivity contribution in [2.24, 2.45) is 28.3 Å². The molecule has 0 aromatic carbocycles. The van der Waals surface area contributed by atoms with Crippen LogP contribution >= 0.6 is 0 Å². The average Bonchev–Trinajstić information content (AvgIpc) is 2.34. The summed E-state index contributed by atoms with van der Waals surface area (Å²) < 4.78 is 0. The number of carbonyl (C=O) groups is 1. The second kappa shape index (κ2) is 7.24. The quantitative estimate of drug-likeness (QED) is 0.496. The van der Waals surface area contributed by atoms with E-state index in [1.165, 1.54) is 0 Å². The lowest BCUT2D eigenvalue weighted by molar-refractivity contribution is -0.143. The first-order chi connectivity index (χ1) is 8.54. The van der Waals surface area contributed by atoms with E-state index in [2.05, 4.69) is 11.9 Å². The number of nitrogens with zero attached hydrogens (tertiary/aromatic N) is 1. The molecule has 1 aliphatic carbocycles. The number of guanidine groups is 1. The zero-order valence-corrected chi connectivity index (χ0v) is 11.1. The van der Waals surface area contributed by atoms with Gasteiger partial charge >= 0.3 is 5.97 Å². The van der Waals surface area contributed by atoms with E-state index in [1.54, 1.807) is 0 Å². The molecule has 104 valence electrons. The first-order valence-corrected chi connectivity index (χ1v) is 6.86. The summed E-state index contributed by atoms with van der Waals surface area (Å²) in [5.41, 5.74) is 11.0. The van der Waals surface area contributed by atoms with E-state index >= 15 is 0 Å². The Morgan fingerprint density at radius 2 is 1.94 bits per heavy atom. The monoisotopic (exact) mass is 255 g/mol. The van der Waals surface area contributed by atoms with E-state index in [0.717, 1.165) is 44.9 Å². The molecule has 0 heterocycles. The molecule has 1 rings (SSSR count). The first kappa shape index (κ1) is 14.8. The second-order valence-electron chi connectivity index (χ2n) is 5.21. The van der Waals surface area contributed by atoms with Crippen LogP contribution in [0.4, 0.5) is 0 Å². The largest absolute Gasteiger partial charge is 0.481 e. The van der Waals surface area contributed by atoms with Gasteiger partial charge in [0.1, 0.15) is 0 Å². The summed E-state index contributed by atoms with van der Waals surface area (Å²) >= 11 is 0. The lowest BCUT2D eigenvalue weighted by Gasteiger charge is -2.30. The van der Waals surface area contributed by atoms with Crippen LogP contribution in [-0.4, -0.2) is 23.1 Å². The fourth-order valence-electron chi connectivity index (χ4n) is 2.76. The Kier molecular flexibility index (Phi) is 5.95. The summed E-state index contributed by atoms with van der Waals surface area (Å²) in [6.07, 6.45) is 6.58. The highest BCUT2D eigenvalue weighted by molar-refractivity contribution is 5.75. The minimum atomic E-state index is -0.666. The molecule has 0 saturated heterocycles. The van der Waals surface area contributed by atoms with Gasteiger partial charge in [-0.1, -0.05) is 19.8 Å². The van der Waals surface area contributed by atoms with E-state index in [-0.39, 0.29) is 17.9 Å². The van der Waals surface area contributed by atoms with Crippen molar-refractivity contribution in [2.45, 2.75) is 57.9 Å². The zero-order chi connectivity index (χ0) is 13.5. The number of hydrogen-bond acceptors (Lipinski definition) is 2. The van der Waals surface area contributed by atoms with Gasteiger partial charge in [-0.15, -0.1) is 0 Å². The maximum atomic E-state index is 10.9. The molecule has 0 amide bonds. The number of carboxylic acids is 1. The maximum absolute atomic E-state index is 10.9. The molecule has 0 aromatic rings. The van der Waals surface area contributed by atoms with E-state index < -0.39 is 5.97 Å². The lowest BCUT2D eigenvalue weighted by Crippen LogP contribution is -2.32. The normalized spacial score (nSPS) is 25.4. The SMILES string of the molecule is CCCCC(N=C(N)N)C1CCC(C(=O)O)CC1. The Morgan fingerprint density at radius 3 is 2.39 bits per heavy atom. The molecule has 0 aromatic heterocycles. The molecular weight excluding hydrogens is 230 g/mol. The molecule has 1 fully saturated rings. The van der Waals surface area contributed by atoms with Gasteiger partial charge in [0.2, 0.25) is 0 Å². The molecule has 5 nitrogen and oxygen atoms in total. The van der Waals surface area contributed by atoms with Crippen molar-refractivity contribution in [2.75, 3.05) is 0 Å². The van der Waals surface area contributed by atoms with Crippen LogP contribution in [0.5, 0.6) is 0 Å². The minimum Gasteiger partial charge on any atom is -0.481 e. The smallest absolute Gasteiger partial charge is 0.306 e. The van der Waals surface area contributed by atoms with Gasteiger partial charge in [-0.3, -0.25) is 9.79 Å². The van der Waals surface area contributed by atoms with E-state index in [9.17, 15) is 4.79 Å². The third kappa shape index (κ3) is 4.55. The number of aliphatic carboxylic acids is 1. The van der Waals surface area contributed by atoms with Crippen molar-refractivity contribution < 1.29 is 9.90 Å². The standard InChI is InChI=1S/C13H25N3O2/c1-2-3-4-11(16-13(14)15)9-5-7-10(8-6-9)12(17)18/h9-11H,2-8H2,1H3,(H,17,18)(H4,14,15,16). The van der Waals surface area contributed by atoms with E-state index in [0.29, 0.717) is 5.92 Å². The van der Waals surface area contributed by atoms with Crippen LogP contribution in [0.2, 0.25) is 0 Å². The van der Waals surface area contributed by atoms with Crippen LogP contribution in [0, 0.1) is 11.8 Å². The molecule has 18 heavy (non-hydrogen) atoms. The summed E-state index contributed by atoms with van der Waals surface area (Å²) in [6, 6.07) is 0.171. The molecule has 5 heteroatoms. The molecule has 0 spiro atoms. The Hall–Kier alpha value is -1.26. The van der Waals surface area contributed by atoms with Crippen molar-refractivity contribution in [3.63, 3.8) is 0 Å². The highest BCUT2D eigenvalue weighted by Gasteiger charge is 2.30. The zero-order valence-electron chi connectivity index (χ0n) is 11.1. The number of carboxylic acid groups (broad SMARTS) is 1. The maximum Gasteiger partial charge on any atom is 0.306 e. The van der Waals surface area contributed by atoms with Gasteiger partial charge in [0.15, 0.2) is 5.96 Å². The van der Waals surface area contributed by atoms with Crippen molar-refractivity contribution >= 4 is 11.9 Å². The molecule has 5 N–H and O–H groups in total. The van der Waals surface area contributed by atoms with Crippen molar-refractivity contribution in [1.29, 1.82) is 0 Å². The molecule has 1 aliphatic rings. The Balaban J connectivity index is 2.54. The molecule has 0 bridgehead atoms. The van der Waals surface area contributed by atoms with Gasteiger partial charge in [-0.25, -0.2) is 0 Å². The van der Waals surface area contributed by atoms with Gasteiger partial charge in [-0.2, -0.15) is 0 Å². The van der Waals surface area contributed by atoms with Crippen LogP contribution in [0.3, 0.4) is 0 Å². The van der Waals surface area contributed by atoms with Gasteiger partial charge in [0.05, 0.1) is 12.0 Å². The minimum absolute atomic E-state index is 0.150. The highest BCUT2D eigenvalue weighted by Crippen LogP contribution is 2.33. The third-order valence-corrected chi connectivity index (χ3v) is 3.83. The van der Waals surface area contributed by atoms with Crippen LogP contribution in [0.15, 0.2) is 4.99 Å². The second-order valence-corrected chi connectivity index (χ2v) is 5.21. The fourth-order valence-corrected chi connectivity index (χ4v) is 2.76. The fraction of sp³-hybridized carbons (Fsp3) is 0.846. The average molecular weight is 255 g/mol. The predicted octanol–water partition coefficient (Wildman–Crippen LogP) is 1.71. The van der Waals surface area contributed by atoms with Crippen molar-refractivity contribution in [3.05, 3.63) is 0 Å². The summed E-state index contributed by atoms with van der Waals surface area (Å²) in [7, 11) is 0. The number of unbranched alkanes of at least 4 members (excludes halogenated alkanes) is 1. The summed E-state index contributed by atoms with van der Waals surface area (Å²) in [5.74, 6) is -0.251. The van der Waals surface area contributed by atoms with Gasteiger partial charge in [0.25, 0.3) is 0 Å². The van der Waals surface area contributed by atoms with E-state index in [1.807, 2.05) is 0 Å². The van der Waals surface area contributed by atoms with Gasteiger partial charge in [-0.05, 0) is 38.0 Å². The predicted molar refractivity (Wildman–Crippen MR) is 72.2 cm³/mol. The summed E-state index contributed by atoms with van der Waals surface area (Å²) in [5, 5.41) is 8.98. The Morgan fingerprint density at radius 1 is 1.33 bits per heavy atom. The topological polar surface area (TPSA) is 102 Å². The van der Waals surface area contributed by atoms with Crippen molar-refractivity contribution in [1.82, 2.24) is 0 Å². The van der Waals surface area contributed by atoms with Gasteiger partial charge < -0.3 is 16.6 Å².